The minimum Gasteiger partial charge on any atom is -0.497 e. The Morgan fingerprint density at radius 3 is 2.83 bits per heavy atom. The van der Waals surface area contributed by atoms with Crippen LogP contribution < -0.4 is 14.8 Å². The number of anilines is 1. The molecule has 1 N–H and O–H groups in total. The summed E-state index contributed by atoms with van der Waals surface area (Å²) in [7, 11) is 3.27. The number of nitrogens with zero attached hydrogens (tertiary/aromatic N) is 3. The zero-order valence-electron chi connectivity index (χ0n) is 16.2. The monoisotopic (exact) mass is 484 g/mol. The van der Waals surface area contributed by atoms with E-state index in [2.05, 4.69) is 31.3 Å². The number of hydrogen-bond donors (Lipinski definition) is 1. The molecule has 2 aromatic carbocycles. The van der Waals surface area contributed by atoms with Crippen LogP contribution in [-0.4, -0.2) is 34.9 Å². The van der Waals surface area contributed by atoms with E-state index in [-0.39, 0.29) is 11.8 Å². The van der Waals surface area contributed by atoms with Crippen molar-refractivity contribution < 1.29 is 14.3 Å². The van der Waals surface area contributed by atoms with Gasteiger partial charge in [-0.2, -0.15) is 9.78 Å². The predicted molar refractivity (Wildman–Crippen MR) is 119 cm³/mol. The molecule has 3 heterocycles. The highest BCUT2D eigenvalue weighted by molar-refractivity contribution is 9.10. The van der Waals surface area contributed by atoms with Gasteiger partial charge in [-0.1, -0.05) is 27.3 Å². The number of hydrogen-bond acceptors (Lipinski definition) is 6. The number of benzene rings is 2. The van der Waals surface area contributed by atoms with Crippen molar-refractivity contribution in [3.63, 3.8) is 0 Å². The average Bonchev–Trinajstić information content (AvgIpc) is 3.36. The fourth-order valence-corrected chi connectivity index (χ4v) is 5.07. The van der Waals surface area contributed by atoms with Gasteiger partial charge in [-0.05, 0) is 36.4 Å². The van der Waals surface area contributed by atoms with Gasteiger partial charge in [0.25, 0.3) is 0 Å². The smallest absolute Gasteiger partial charge is 0.226 e. The predicted octanol–water partition coefficient (Wildman–Crippen LogP) is 4.74. The summed E-state index contributed by atoms with van der Waals surface area (Å²) in [5.74, 6) is 1.92. The van der Waals surface area contributed by atoms with Crippen molar-refractivity contribution >= 4 is 49.2 Å². The molecule has 5 rings (SSSR count). The molecule has 7 nitrogen and oxygen atoms in total. The van der Waals surface area contributed by atoms with E-state index in [1.165, 1.54) is 11.3 Å². The maximum Gasteiger partial charge on any atom is 0.226 e. The highest BCUT2D eigenvalue weighted by Crippen LogP contribution is 2.42. The Balaban J connectivity index is 1.63. The summed E-state index contributed by atoms with van der Waals surface area (Å²) in [6.07, 6.45) is 2.12. The molecule has 2 aromatic heterocycles. The second kappa shape index (κ2) is 7.41. The van der Waals surface area contributed by atoms with E-state index in [4.69, 9.17) is 9.47 Å². The molecule has 1 aliphatic heterocycles. The third-order valence-electron chi connectivity index (χ3n) is 5.15. The van der Waals surface area contributed by atoms with Crippen LogP contribution in [0.1, 0.15) is 23.5 Å². The number of amides is 1. The first-order chi connectivity index (χ1) is 14.6. The molecular formula is C21H17BrN4O3S. The van der Waals surface area contributed by atoms with Crippen molar-refractivity contribution in [1.29, 1.82) is 0 Å². The van der Waals surface area contributed by atoms with Crippen molar-refractivity contribution in [3.8, 4) is 16.6 Å². The Morgan fingerprint density at radius 1 is 1.17 bits per heavy atom. The second-order valence-electron chi connectivity index (χ2n) is 6.88. The maximum absolute atomic E-state index is 12.6. The lowest BCUT2D eigenvalue weighted by Gasteiger charge is -2.25. The Hall–Kier alpha value is -2.91. The first kappa shape index (κ1) is 19.1. The highest BCUT2D eigenvalue weighted by atomic mass is 79.9. The van der Waals surface area contributed by atoms with Crippen molar-refractivity contribution in [2.45, 2.75) is 12.3 Å². The second-order valence-corrected chi connectivity index (χ2v) is 8.81. The molecule has 1 atom stereocenters. The number of thiazole rings is 1. The first-order valence-corrected chi connectivity index (χ1v) is 10.8. The average molecular weight is 485 g/mol. The summed E-state index contributed by atoms with van der Waals surface area (Å²) >= 11 is 5.02. The SMILES string of the molecule is COc1ccc2nc(-n3ncc4c3NC(=O)C[C@H]4c3cc(Br)ccc3OC)sc2c1. The molecule has 4 aromatic rings. The van der Waals surface area contributed by atoms with Gasteiger partial charge in [0.15, 0.2) is 0 Å². The molecule has 9 heteroatoms. The van der Waals surface area contributed by atoms with Crippen LogP contribution in [0.2, 0.25) is 0 Å². The number of halogens is 1. The lowest BCUT2D eigenvalue weighted by Crippen LogP contribution is -2.24. The normalized spacial score (nSPS) is 15.7. The van der Waals surface area contributed by atoms with E-state index in [1.54, 1.807) is 25.1 Å². The molecule has 0 radical (unpaired) electrons. The summed E-state index contributed by atoms with van der Waals surface area (Å²) in [5.41, 5.74) is 2.73. The number of carbonyl (C=O) groups is 1. The minimum absolute atomic E-state index is 0.0703. The van der Waals surface area contributed by atoms with E-state index < -0.39 is 0 Å². The molecule has 0 saturated heterocycles. The van der Waals surface area contributed by atoms with Crippen LogP contribution in [0.15, 0.2) is 47.1 Å². The molecule has 0 aliphatic carbocycles. The van der Waals surface area contributed by atoms with Crippen LogP contribution in [0.5, 0.6) is 11.5 Å². The molecule has 0 saturated carbocycles. The number of nitrogens with one attached hydrogen (secondary N) is 1. The minimum atomic E-state index is -0.163. The Morgan fingerprint density at radius 2 is 2.03 bits per heavy atom. The van der Waals surface area contributed by atoms with Gasteiger partial charge < -0.3 is 14.8 Å². The lowest BCUT2D eigenvalue weighted by atomic mass is 9.87. The molecule has 152 valence electrons. The van der Waals surface area contributed by atoms with Gasteiger partial charge in [0.05, 0.1) is 30.6 Å². The van der Waals surface area contributed by atoms with E-state index >= 15 is 0 Å². The van der Waals surface area contributed by atoms with Gasteiger partial charge >= 0.3 is 0 Å². The van der Waals surface area contributed by atoms with Crippen molar-refractivity contribution in [1.82, 2.24) is 14.8 Å². The summed E-state index contributed by atoms with van der Waals surface area (Å²) in [5, 5.41) is 8.22. The lowest BCUT2D eigenvalue weighted by molar-refractivity contribution is -0.116. The number of methoxy groups -OCH3 is 2. The molecule has 1 amide bonds. The Bertz CT molecular complexity index is 1280. The first-order valence-electron chi connectivity index (χ1n) is 9.23. The van der Waals surface area contributed by atoms with Crippen molar-refractivity contribution in [2.24, 2.45) is 0 Å². The zero-order chi connectivity index (χ0) is 20.8. The van der Waals surface area contributed by atoms with Crippen LogP contribution in [0, 0.1) is 0 Å². The van der Waals surface area contributed by atoms with Crippen molar-refractivity contribution in [3.05, 3.63) is 58.2 Å². The van der Waals surface area contributed by atoms with Crippen LogP contribution in [0.4, 0.5) is 5.82 Å². The van der Waals surface area contributed by atoms with Crippen LogP contribution in [-0.2, 0) is 4.79 Å². The van der Waals surface area contributed by atoms with Gasteiger partial charge in [0.2, 0.25) is 11.0 Å². The summed E-state index contributed by atoms with van der Waals surface area (Å²) in [4.78, 5) is 17.3. The number of ether oxygens (including phenoxy) is 2. The van der Waals surface area contributed by atoms with E-state index in [9.17, 15) is 4.79 Å². The van der Waals surface area contributed by atoms with E-state index in [0.29, 0.717) is 17.4 Å². The largest absolute Gasteiger partial charge is 0.497 e. The molecule has 30 heavy (non-hydrogen) atoms. The zero-order valence-corrected chi connectivity index (χ0v) is 18.6. The van der Waals surface area contributed by atoms with Crippen LogP contribution >= 0.6 is 27.3 Å². The van der Waals surface area contributed by atoms with Crippen LogP contribution in [0.3, 0.4) is 0 Å². The summed E-state index contributed by atoms with van der Waals surface area (Å²) in [6.45, 7) is 0. The van der Waals surface area contributed by atoms with E-state index in [0.717, 1.165) is 37.3 Å². The van der Waals surface area contributed by atoms with Crippen LogP contribution in [0.25, 0.3) is 15.3 Å². The summed E-state index contributed by atoms with van der Waals surface area (Å²) in [6, 6.07) is 11.6. The Labute approximate surface area is 184 Å². The van der Waals surface area contributed by atoms with E-state index in [1.807, 2.05) is 36.4 Å². The standard InChI is InChI=1S/C21H17BrN4O3S/c1-28-12-4-5-16-18(8-12)30-21(24-16)26-20-15(10-23-26)13(9-19(27)25-20)14-7-11(22)3-6-17(14)29-2/h3-8,10,13H,9H2,1-2H3,(H,25,27)/t13-/m0/s1. The molecule has 0 fully saturated rings. The van der Waals surface area contributed by atoms with Gasteiger partial charge in [0.1, 0.15) is 17.3 Å². The number of fused-ring (bicyclic) bond motifs is 2. The molecular weight excluding hydrogens is 468 g/mol. The number of aromatic nitrogens is 3. The Kier molecular flexibility index (Phi) is 4.71. The third kappa shape index (κ3) is 3.14. The van der Waals surface area contributed by atoms with Crippen molar-refractivity contribution in [2.75, 3.05) is 19.5 Å². The van der Waals surface area contributed by atoms with Gasteiger partial charge in [-0.15, -0.1) is 0 Å². The quantitative estimate of drug-likeness (QED) is 0.452. The maximum atomic E-state index is 12.6. The number of rotatable bonds is 4. The van der Waals surface area contributed by atoms with Gasteiger partial charge in [-0.3, -0.25) is 4.79 Å². The number of carbonyl (C=O) groups excluding carboxylic acids is 1. The molecule has 0 spiro atoms. The van der Waals surface area contributed by atoms with Gasteiger partial charge in [-0.25, -0.2) is 4.98 Å². The topological polar surface area (TPSA) is 78.3 Å². The summed E-state index contributed by atoms with van der Waals surface area (Å²) < 4.78 is 14.5. The fraction of sp³-hybridized carbons (Fsp3) is 0.190. The molecule has 1 aliphatic rings. The van der Waals surface area contributed by atoms with Gasteiger partial charge in [0, 0.05) is 27.9 Å². The highest BCUT2D eigenvalue weighted by Gasteiger charge is 2.32. The molecule has 0 bridgehead atoms. The third-order valence-corrected chi connectivity index (χ3v) is 6.64. The fourth-order valence-electron chi connectivity index (χ4n) is 3.73. The molecule has 0 unspecified atom stereocenters.